The molecule has 1 aliphatic carbocycles. The zero-order valence-corrected chi connectivity index (χ0v) is 9.45. The van der Waals surface area contributed by atoms with Crippen LogP contribution in [0.3, 0.4) is 0 Å². The molecule has 3 N–H and O–H groups in total. The molecule has 1 saturated carbocycles. The Balaban J connectivity index is 2.30. The van der Waals surface area contributed by atoms with Crippen LogP contribution in [0.25, 0.3) is 0 Å². The van der Waals surface area contributed by atoms with E-state index in [0.29, 0.717) is 6.54 Å². The number of amides is 2. The molecule has 5 heteroatoms. The van der Waals surface area contributed by atoms with Crippen molar-refractivity contribution in [3.8, 4) is 0 Å². The molecular weight excluding hydrogens is 208 g/mol. The normalized spacial score (nSPS) is 18.3. The Labute approximate surface area is 94.9 Å². The lowest BCUT2D eigenvalue weighted by atomic mass is 10.1. The lowest BCUT2D eigenvalue weighted by Gasteiger charge is -2.15. The Morgan fingerprint density at radius 2 is 2.19 bits per heavy atom. The zero-order chi connectivity index (χ0) is 12.2. The molecule has 0 bridgehead atoms. The second kappa shape index (κ2) is 5.01. The number of carboxylic acids is 1. The van der Waals surface area contributed by atoms with Crippen molar-refractivity contribution in [3.05, 3.63) is 12.7 Å². The minimum Gasteiger partial charge on any atom is -0.480 e. The second-order valence-electron chi connectivity index (χ2n) is 4.55. The Bertz CT molecular complexity index is 298. The van der Waals surface area contributed by atoms with E-state index < -0.39 is 18.0 Å². The third-order valence-corrected chi connectivity index (χ3v) is 2.79. The van der Waals surface area contributed by atoms with Crippen LogP contribution in [0.1, 0.15) is 26.2 Å². The van der Waals surface area contributed by atoms with Crippen molar-refractivity contribution in [3.63, 3.8) is 0 Å². The fraction of sp³-hybridized carbons (Fsp3) is 0.636. The highest BCUT2D eigenvalue weighted by molar-refractivity contribution is 5.82. The number of urea groups is 1. The average Bonchev–Trinajstić information content (AvgIpc) is 2.94. The maximum absolute atomic E-state index is 11.4. The molecular formula is C11H18N2O3. The van der Waals surface area contributed by atoms with Gasteiger partial charge in [0.15, 0.2) is 0 Å². The number of carboxylic acid groups (broad SMARTS) is 1. The number of carbonyl (C=O) groups is 2. The van der Waals surface area contributed by atoms with Gasteiger partial charge in [-0.3, -0.25) is 0 Å². The van der Waals surface area contributed by atoms with E-state index in [0.717, 1.165) is 12.8 Å². The predicted octanol–water partition coefficient (Wildman–Crippen LogP) is 1.11. The van der Waals surface area contributed by atoms with Crippen LogP contribution in [0.2, 0.25) is 0 Å². The van der Waals surface area contributed by atoms with Gasteiger partial charge in [-0.05, 0) is 24.7 Å². The van der Waals surface area contributed by atoms with Crippen molar-refractivity contribution in [2.75, 3.05) is 6.54 Å². The van der Waals surface area contributed by atoms with E-state index in [4.69, 9.17) is 5.11 Å². The average molecular weight is 226 g/mol. The van der Waals surface area contributed by atoms with Crippen LogP contribution in [0.5, 0.6) is 0 Å². The molecule has 0 aromatic heterocycles. The third-order valence-electron chi connectivity index (χ3n) is 2.79. The van der Waals surface area contributed by atoms with Gasteiger partial charge in [0.2, 0.25) is 0 Å². The van der Waals surface area contributed by atoms with Crippen LogP contribution in [0.15, 0.2) is 12.7 Å². The van der Waals surface area contributed by atoms with Crippen LogP contribution in [-0.4, -0.2) is 29.7 Å². The van der Waals surface area contributed by atoms with Crippen molar-refractivity contribution < 1.29 is 14.7 Å². The summed E-state index contributed by atoms with van der Waals surface area (Å²) in [5.74, 6) is -1.05. The van der Waals surface area contributed by atoms with E-state index in [-0.39, 0.29) is 11.8 Å². The minimum atomic E-state index is -1.05. The molecule has 1 rings (SSSR count). The molecule has 0 spiro atoms. The first-order valence-electron chi connectivity index (χ1n) is 5.35. The molecule has 0 aromatic rings. The van der Waals surface area contributed by atoms with Gasteiger partial charge in [-0.15, -0.1) is 6.58 Å². The van der Waals surface area contributed by atoms with Crippen LogP contribution in [0.4, 0.5) is 4.79 Å². The van der Waals surface area contributed by atoms with E-state index >= 15 is 0 Å². The molecule has 0 aromatic carbocycles. The Morgan fingerprint density at radius 3 is 2.62 bits per heavy atom. The number of nitrogens with one attached hydrogen (secondary N) is 2. The molecule has 0 aliphatic heterocycles. The molecule has 1 fully saturated rings. The first-order chi connectivity index (χ1) is 7.47. The topological polar surface area (TPSA) is 78.4 Å². The van der Waals surface area contributed by atoms with Crippen LogP contribution in [0, 0.1) is 5.41 Å². The quantitative estimate of drug-likeness (QED) is 0.594. The van der Waals surface area contributed by atoms with E-state index in [1.54, 1.807) is 0 Å². The zero-order valence-electron chi connectivity index (χ0n) is 9.45. The van der Waals surface area contributed by atoms with Crippen molar-refractivity contribution in [1.82, 2.24) is 10.6 Å². The summed E-state index contributed by atoms with van der Waals surface area (Å²) in [4.78, 5) is 22.1. The molecule has 90 valence electrons. The Morgan fingerprint density at radius 1 is 1.56 bits per heavy atom. The fourth-order valence-corrected chi connectivity index (χ4v) is 1.28. The van der Waals surface area contributed by atoms with Gasteiger partial charge in [0.25, 0.3) is 0 Å². The number of hydrogen-bond donors (Lipinski definition) is 3. The Kier molecular flexibility index (Phi) is 3.93. The molecule has 1 aliphatic rings. The van der Waals surface area contributed by atoms with Gasteiger partial charge in [-0.1, -0.05) is 13.0 Å². The number of carbonyl (C=O) groups excluding carboxylic acids is 1. The lowest BCUT2D eigenvalue weighted by molar-refractivity contribution is -0.139. The standard InChI is InChI=1S/C11H18N2O3/c1-3-4-8(9(14)15)13-10(16)12-7-11(2)5-6-11/h3,8H,1,4-7H2,2H3,(H,14,15)(H2,12,13,16). The van der Waals surface area contributed by atoms with Gasteiger partial charge in [0.05, 0.1) is 0 Å². The molecule has 2 amide bonds. The molecule has 0 saturated heterocycles. The number of rotatable bonds is 6. The minimum absolute atomic E-state index is 0.217. The third kappa shape index (κ3) is 3.92. The summed E-state index contributed by atoms with van der Waals surface area (Å²) in [6, 6.07) is -1.33. The summed E-state index contributed by atoms with van der Waals surface area (Å²) in [5.41, 5.74) is 0.217. The van der Waals surface area contributed by atoms with Gasteiger partial charge >= 0.3 is 12.0 Å². The highest BCUT2D eigenvalue weighted by Gasteiger charge is 2.37. The summed E-state index contributed by atoms with van der Waals surface area (Å²) in [6.07, 6.45) is 3.92. The maximum Gasteiger partial charge on any atom is 0.326 e. The lowest BCUT2D eigenvalue weighted by Crippen LogP contribution is -2.46. The van der Waals surface area contributed by atoms with E-state index in [1.165, 1.54) is 6.08 Å². The first kappa shape index (κ1) is 12.5. The van der Waals surface area contributed by atoms with Gasteiger partial charge in [-0.25, -0.2) is 9.59 Å². The molecule has 0 heterocycles. The van der Waals surface area contributed by atoms with Gasteiger partial charge in [0, 0.05) is 6.54 Å². The summed E-state index contributed by atoms with van der Waals surface area (Å²) in [6.45, 7) is 6.14. The smallest absolute Gasteiger partial charge is 0.326 e. The Hall–Kier alpha value is -1.52. The van der Waals surface area contributed by atoms with Gasteiger partial charge < -0.3 is 15.7 Å². The van der Waals surface area contributed by atoms with E-state index in [1.807, 2.05) is 0 Å². The van der Waals surface area contributed by atoms with Crippen LogP contribution < -0.4 is 10.6 Å². The monoisotopic (exact) mass is 226 g/mol. The molecule has 0 radical (unpaired) electrons. The first-order valence-corrected chi connectivity index (χ1v) is 5.35. The van der Waals surface area contributed by atoms with E-state index in [9.17, 15) is 9.59 Å². The van der Waals surface area contributed by atoms with Gasteiger partial charge in [-0.2, -0.15) is 0 Å². The fourth-order valence-electron chi connectivity index (χ4n) is 1.28. The summed E-state index contributed by atoms with van der Waals surface area (Å²) in [7, 11) is 0. The van der Waals surface area contributed by atoms with Crippen molar-refractivity contribution in [1.29, 1.82) is 0 Å². The highest BCUT2D eigenvalue weighted by atomic mass is 16.4. The second-order valence-corrected chi connectivity index (χ2v) is 4.55. The summed E-state index contributed by atoms with van der Waals surface area (Å²) < 4.78 is 0. The predicted molar refractivity (Wildman–Crippen MR) is 60.1 cm³/mol. The van der Waals surface area contributed by atoms with Crippen LogP contribution >= 0.6 is 0 Å². The largest absolute Gasteiger partial charge is 0.480 e. The SMILES string of the molecule is C=CCC(NC(=O)NCC1(C)CC1)C(=O)O. The number of hydrogen-bond acceptors (Lipinski definition) is 2. The van der Waals surface area contributed by atoms with E-state index in [2.05, 4.69) is 24.1 Å². The summed E-state index contributed by atoms with van der Waals surface area (Å²) in [5, 5.41) is 13.9. The van der Waals surface area contributed by atoms with Crippen molar-refractivity contribution >= 4 is 12.0 Å². The molecule has 5 nitrogen and oxygen atoms in total. The molecule has 16 heavy (non-hydrogen) atoms. The van der Waals surface area contributed by atoms with Crippen molar-refractivity contribution in [2.24, 2.45) is 5.41 Å². The van der Waals surface area contributed by atoms with Crippen LogP contribution in [-0.2, 0) is 4.79 Å². The summed E-state index contributed by atoms with van der Waals surface area (Å²) >= 11 is 0. The molecule has 1 atom stereocenters. The maximum atomic E-state index is 11.4. The highest BCUT2D eigenvalue weighted by Crippen LogP contribution is 2.43. The van der Waals surface area contributed by atoms with Crippen molar-refractivity contribution in [2.45, 2.75) is 32.2 Å². The molecule has 1 unspecified atom stereocenters. The number of aliphatic carboxylic acids is 1. The van der Waals surface area contributed by atoms with Gasteiger partial charge in [0.1, 0.15) is 6.04 Å².